The Morgan fingerprint density at radius 3 is 2.42 bits per heavy atom. The van der Waals surface area contributed by atoms with Crippen molar-refractivity contribution in [2.24, 2.45) is 5.92 Å². The molecule has 1 saturated heterocycles. The Balaban J connectivity index is 2.01. The van der Waals surface area contributed by atoms with Gasteiger partial charge in [-0.15, -0.1) is 0 Å². The second kappa shape index (κ2) is 8.43. The van der Waals surface area contributed by atoms with Gasteiger partial charge in [0.25, 0.3) is 0 Å². The van der Waals surface area contributed by atoms with Gasteiger partial charge in [-0.1, -0.05) is 25.3 Å². The van der Waals surface area contributed by atoms with Crippen LogP contribution in [0, 0.1) is 5.92 Å². The fourth-order valence-corrected chi connectivity index (χ4v) is 4.67. The minimum Gasteiger partial charge on any atom is -0.308 e. The average Bonchev–Trinajstić information content (AvgIpc) is 3.54. The van der Waals surface area contributed by atoms with Crippen molar-refractivity contribution >= 4 is 27.4 Å². The predicted molar refractivity (Wildman–Crippen MR) is 120 cm³/mol. The molecule has 1 atom stereocenters. The molecule has 8 heteroatoms. The summed E-state index contributed by atoms with van der Waals surface area (Å²) in [5.41, 5.74) is 2.10. The lowest BCUT2D eigenvalue weighted by Crippen LogP contribution is -2.52. The number of allylic oxidation sites excluding steroid dienone is 2. The zero-order chi connectivity index (χ0) is 23.1. The van der Waals surface area contributed by atoms with E-state index in [1.54, 1.807) is 34.1 Å². The highest BCUT2D eigenvalue weighted by Gasteiger charge is 2.40. The molecule has 2 amide bonds. The summed E-state index contributed by atoms with van der Waals surface area (Å²) in [6.07, 6.45) is 3.45. The number of sulfonamides is 1. The van der Waals surface area contributed by atoms with Gasteiger partial charge in [0.15, 0.2) is 0 Å². The lowest BCUT2D eigenvalue weighted by atomic mass is 10.0. The number of nitrogens with zero attached hydrogens (tertiary/aromatic N) is 3. The summed E-state index contributed by atoms with van der Waals surface area (Å²) in [5.74, 6) is -0.111. The molecule has 1 aliphatic heterocycles. The van der Waals surface area contributed by atoms with Gasteiger partial charge in [-0.2, -0.15) is 0 Å². The third-order valence-corrected chi connectivity index (χ3v) is 7.40. The number of benzene rings is 1. The van der Waals surface area contributed by atoms with Crippen LogP contribution in [0.2, 0.25) is 0 Å². The van der Waals surface area contributed by atoms with Crippen molar-refractivity contribution in [1.29, 1.82) is 0 Å². The molecule has 2 aliphatic rings. The van der Waals surface area contributed by atoms with Crippen molar-refractivity contribution in [2.45, 2.75) is 37.6 Å². The summed E-state index contributed by atoms with van der Waals surface area (Å²) in [6.45, 7) is 11.9. The van der Waals surface area contributed by atoms with Gasteiger partial charge >= 0.3 is 0 Å². The Labute approximate surface area is 184 Å². The first-order valence-corrected chi connectivity index (χ1v) is 11.6. The summed E-state index contributed by atoms with van der Waals surface area (Å²) in [5, 5.41) is 0. The molecular formula is C23H29N3O4S. The highest BCUT2D eigenvalue weighted by atomic mass is 32.2. The van der Waals surface area contributed by atoms with E-state index in [0.29, 0.717) is 29.1 Å². The number of piperazine rings is 1. The van der Waals surface area contributed by atoms with Crippen LogP contribution >= 0.6 is 0 Å². The van der Waals surface area contributed by atoms with Gasteiger partial charge in [-0.05, 0) is 49.1 Å². The van der Waals surface area contributed by atoms with Crippen LogP contribution in [-0.2, 0) is 19.6 Å². The molecule has 1 heterocycles. The van der Waals surface area contributed by atoms with E-state index in [1.165, 1.54) is 27.1 Å². The van der Waals surface area contributed by atoms with Crippen LogP contribution in [0.3, 0.4) is 0 Å². The SMILES string of the molecule is C=C(/C=C1\C(=C)N(C(C)=O)C(C)CN1C(=O)C1CC1)c1cccc(S(=O)(=O)N(C)C)c1. The van der Waals surface area contributed by atoms with E-state index in [4.69, 9.17) is 0 Å². The molecule has 0 N–H and O–H groups in total. The topological polar surface area (TPSA) is 78.0 Å². The quantitative estimate of drug-likeness (QED) is 0.701. The van der Waals surface area contributed by atoms with Crippen LogP contribution in [0.1, 0.15) is 32.3 Å². The summed E-state index contributed by atoms with van der Waals surface area (Å²) in [6, 6.07) is 6.31. The van der Waals surface area contributed by atoms with E-state index < -0.39 is 10.0 Å². The molecule has 2 fully saturated rings. The van der Waals surface area contributed by atoms with E-state index in [2.05, 4.69) is 13.2 Å². The lowest BCUT2D eigenvalue weighted by molar-refractivity contribution is -0.136. The van der Waals surface area contributed by atoms with Crippen molar-refractivity contribution in [3.05, 3.63) is 60.5 Å². The zero-order valence-corrected chi connectivity index (χ0v) is 19.3. The molecule has 0 spiro atoms. The normalized spacial score (nSPS) is 21.0. The Hall–Kier alpha value is -2.71. The molecule has 1 unspecified atom stereocenters. The number of rotatable bonds is 5. The maximum absolute atomic E-state index is 12.9. The second-order valence-corrected chi connectivity index (χ2v) is 10.4. The largest absolute Gasteiger partial charge is 0.308 e. The fraction of sp³-hybridized carbons (Fsp3) is 0.391. The van der Waals surface area contributed by atoms with Crippen LogP contribution < -0.4 is 0 Å². The number of amides is 2. The van der Waals surface area contributed by atoms with Crippen molar-refractivity contribution in [3.8, 4) is 0 Å². The first-order chi connectivity index (χ1) is 14.4. The highest BCUT2D eigenvalue weighted by molar-refractivity contribution is 7.89. The molecule has 166 valence electrons. The van der Waals surface area contributed by atoms with E-state index in [9.17, 15) is 18.0 Å². The van der Waals surface area contributed by atoms with Crippen LogP contribution in [0.4, 0.5) is 0 Å². The van der Waals surface area contributed by atoms with Gasteiger partial charge in [-0.3, -0.25) is 9.59 Å². The van der Waals surface area contributed by atoms with Crippen molar-refractivity contribution < 1.29 is 18.0 Å². The van der Waals surface area contributed by atoms with E-state index in [1.807, 2.05) is 6.92 Å². The van der Waals surface area contributed by atoms with Gasteiger partial charge in [0, 0.05) is 33.5 Å². The smallest absolute Gasteiger partial charge is 0.242 e. The number of hydrogen-bond donors (Lipinski definition) is 0. The Kier molecular flexibility index (Phi) is 6.25. The van der Waals surface area contributed by atoms with Gasteiger partial charge < -0.3 is 9.80 Å². The average molecular weight is 444 g/mol. The van der Waals surface area contributed by atoms with Gasteiger partial charge in [0.1, 0.15) is 0 Å². The highest BCUT2D eigenvalue weighted by Crippen LogP contribution is 2.37. The molecule has 1 aromatic rings. The summed E-state index contributed by atoms with van der Waals surface area (Å²) in [7, 11) is -0.643. The van der Waals surface area contributed by atoms with Crippen LogP contribution in [0.15, 0.2) is 59.8 Å². The monoisotopic (exact) mass is 443 g/mol. The van der Waals surface area contributed by atoms with Gasteiger partial charge in [-0.25, -0.2) is 12.7 Å². The summed E-state index contributed by atoms with van der Waals surface area (Å²) < 4.78 is 26.1. The molecule has 31 heavy (non-hydrogen) atoms. The minimum atomic E-state index is -3.59. The molecule has 0 aromatic heterocycles. The number of carbonyl (C=O) groups excluding carboxylic acids is 2. The Morgan fingerprint density at radius 1 is 1.23 bits per heavy atom. The van der Waals surface area contributed by atoms with Crippen molar-refractivity contribution in [2.75, 3.05) is 20.6 Å². The third kappa shape index (κ3) is 4.50. The molecule has 1 aromatic carbocycles. The number of hydrogen-bond acceptors (Lipinski definition) is 4. The number of carbonyl (C=O) groups is 2. The van der Waals surface area contributed by atoms with Gasteiger partial charge in [0.05, 0.1) is 22.3 Å². The predicted octanol–water partition coefficient (Wildman–Crippen LogP) is 2.84. The van der Waals surface area contributed by atoms with Crippen LogP contribution in [0.25, 0.3) is 5.57 Å². The molecule has 1 aliphatic carbocycles. The standard InChI is InChI=1S/C23H29N3O4S/c1-15(20-8-7-9-21(13-20)31(29,30)24(5)6)12-22-17(3)26(18(4)27)16(2)14-25(22)23(28)19-10-11-19/h7-9,12-13,16,19H,1,3,10-11,14H2,2,4-6H3/b22-12+. The van der Waals surface area contributed by atoms with Crippen LogP contribution in [0.5, 0.6) is 0 Å². The van der Waals surface area contributed by atoms with E-state index in [0.717, 1.165) is 17.1 Å². The van der Waals surface area contributed by atoms with E-state index in [-0.39, 0.29) is 28.7 Å². The zero-order valence-electron chi connectivity index (χ0n) is 18.5. The van der Waals surface area contributed by atoms with Crippen molar-refractivity contribution in [3.63, 3.8) is 0 Å². The second-order valence-electron chi connectivity index (χ2n) is 8.28. The first-order valence-electron chi connectivity index (χ1n) is 10.2. The summed E-state index contributed by atoms with van der Waals surface area (Å²) >= 11 is 0. The third-order valence-electron chi connectivity index (χ3n) is 5.59. The van der Waals surface area contributed by atoms with Gasteiger partial charge in [0.2, 0.25) is 21.8 Å². The maximum atomic E-state index is 12.9. The molecule has 1 saturated carbocycles. The van der Waals surface area contributed by atoms with E-state index >= 15 is 0 Å². The van der Waals surface area contributed by atoms with Crippen LogP contribution in [-0.4, -0.2) is 61.0 Å². The molecular weight excluding hydrogens is 414 g/mol. The van der Waals surface area contributed by atoms with Crippen molar-refractivity contribution in [1.82, 2.24) is 14.1 Å². The molecule has 0 radical (unpaired) electrons. The first kappa shape index (κ1) is 23.0. The Morgan fingerprint density at radius 2 is 1.87 bits per heavy atom. The molecule has 0 bridgehead atoms. The fourth-order valence-electron chi connectivity index (χ4n) is 3.73. The Bertz CT molecular complexity index is 1080. The molecule has 3 rings (SSSR count). The molecule has 7 nitrogen and oxygen atoms in total. The minimum absolute atomic E-state index is 0.00843. The maximum Gasteiger partial charge on any atom is 0.242 e. The summed E-state index contributed by atoms with van der Waals surface area (Å²) in [4.78, 5) is 28.6. The lowest BCUT2D eigenvalue weighted by Gasteiger charge is -2.42.